The van der Waals surface area contributed by atoms with Gasteiger partial charge in [-0.2, -0.15) is 0 Å². The number of imidazole rings is 1. The average molecular weight is 436 g/mol. The lowest BCUT2D eigenvalue weighted by atomic mass is 9.81. The van der Waals surface area contributed by atoms with Crippen LogP contribution in [0.25, 0.3) is 5.65 Å². The van der Waals surface area contributed by atoms with Crippen LogP contribution in [0.1, 0.15) is 47.5 Å². The highest BCUT2D eigenvalue weighted by Gasteiger charge is 2.27. The molecular formula is C23H29N7O2. The SMILES string of the molecule is Nc1nn2ccnc2c(Nc2ccc(C(=O)N3CCOCC3)cc2)c1C1CCC(N)CC1. The molecule has 5 rings (SSSR count). The van der Waals surface area contributed by atoms with Crippen molar-refractivity contribution in [3.05, 3.63) is 47.8 Å². The lowest BCUT2D eigenvalue weighted by Crippen LogP contribution is -2.40. The van der Waals surface area contributed by atoms with Crippen molar-refractivity contribution < 1.29 is 9.53 Å². The lowest BCUT2D eigenvalue weighted by Gasteiger charge is -2.29. The van der Waals surface area contributed by atoms with Gasteiger partial charge in [-0.25, -0.2) is 9.50 Å². The first-order valence-corrected chi connectivity index (χ1v) is 11.2. The molecule has 9 heteroatoms. The number of morpholine rings is 1. The molecule has 2 aromatic heterocycles. The number of aromatic nitrogens is 3. The Balaban J connectivity index is 1.44. The van der Waals surface area contributed by atoms with Crippen LogP contribution in [0.2, 0.25) is 0 Å². The van der Waals surface area contributed by atoms with Crippen molar-refractivity contribution in [2.24, 2.45) is 5.73 Å². The number of nitrogens with one attached hydrogen (secondary N) is 1. The summed E-state index contributed by atoms with van der Waals surface area (Å²) >= 11 is 0. The van der Waals surface area contributed by atoms with E-state index in [1.807, 2.05) is 29.2 Å². The highest BCUT2D eigenvalue weighted by Crippen LogP contribution is 2.41. The van der Waals surface area contributed by atoms with Gasteiger partial charge in [0.25, 0.3) is 5.91 Å². The molecule has 168 valence electrons. The van der Waals surface area contributed by atoms with Crippen molar-refractivity contribution in [2.75, 3.05) is 37.4 Å². The van der Waals surface area contributed by atoms with Crippen LogP contribution in [-0.4, -0.2) is 57.8 Å². The van der Waals surface area contributed by atoms with Gasteiger partial charge in [-0.1, -0.05) is 0 Å². The van der Waals surface area contributed by atoms with E-state index in [0.29, 0.717) is 37.7 Å². The standard InChI is InChI=1S/C23H29N7O2/c24-17-5-1-15(2-6-17)19-20(22-26-9-10-30(22)28-21(19)25)27-18-7-3-16(4-8-18)23(31)29-11-13-32-14-12-29/h3-4,7-10,15,17,27H,1-2,5-6,11-14,24H2,(H2,25,28). The van der Waals surface area contributed by atoms with Gasteiger partial charge in [0, 0.05) is 48.3 Å². The molecule has 5 N–H and O–H groups in total. The molecular weight excluding hydrogens is 406 g/mol. The van der Waals surface area contributed by atoms with Crippen LogP contribution in [0.5, 0.6) is 0 Å². The minimum absolute atomic E-state index is 0.0305. The maximum absolute atomic E-state index is 12.7. The molecule has 1 saturated heterocycles. The van der Waals surface area contributed by atoms with Gasteiger partial charge >= 0.3 is 0 Å². The zero-order valence-electron chi connectivity index (χ0n) is 18.0. The molecule has 3 aromatic rings. The summed E-state index contributed by atoms with van der Waals surface area (Å²) < 4.78 is 7.04. The van der Waals surface area contributed by atoms with Crippen molar-refractivity contribution in [3.63, 3.8) is 0 Å². The van der Waals surface area contributed by atoms with Gasteiger partial charge in [0.05, 0.1) is 18.9 Å². The number of nitrogen functional groups attached to an aromatic ring is 1. The molecule has 1 saturated carbocycles. The highest BCUT2D eigenvalue weighted by molar-refractivity contribution is 5.95. The molecule has 0 unspecified atom stereocenters. The fourth-order valence-electron chi connectivity index (χ4n) is 4.71. The number of ether oxygens (including phenoxy) is 1. The number of nitrogens with two attached hydrogens (primary N) is 2. The molecule has 1 amide bonds. The smallest absolute Gasteiger partial charge is 0.254 e. The molecule has 1 aliphatic carbocycles. The minimum atomic E-state index is 0.0305. The molecule has 3 heterocycles. The van der Waals surface area contributed by atoms with Gasteiger partial charge in [0.1, 0.15) is 5.82 Å². The Bertz CT molecular complexity index is 1100. The number of benzene rings is 1. The Hall–Kier alpha value is -3.17. The van der Waals surface area contributed by atoms with Gasteiger partial charge < -0.3 is 26.4 Å². The summed E-state index contributed by atoms with van der Waals surface area (Å²) in [6, 6.07) is 7.80. The Morgan fingerprint density at radius 2 is 1.81 bits per heavy atom. The second kappa shape index (κ2) is 8.76. The first-order valence-electron chi connectivity index (χ1n) is 11.2. The van der Waals surface area contributed by atoms with Crippen molar-refractivity contribution in [2.45, 2.75) is 37.6 Å². The molecule has 2 fully saturated rings. The fourth-order valence-corrected chi connectivity index (χ4v) is 4.71. The van der Waals surface area contributed by atoms with Crippen LogP contribution >= 0.6 is 0 Å². The molecule has 9 nitrogen and oxygen atoms in total. The topological polar surface area (TPSA) is 124 Å². The third kappa shape index (κ3) is 4.01. The maximum atomic E-state index is 12.7. The largest absolute Gasteiger partial charge is 0.382 e. The first kappa shape index (κ1) is 20.7. The Kier molecular flexibility index (Phi) is 5.67. The fraction of sp³-hybridized carbons (Fsp3) is 0.435. The third-order valence-corrected chi connectivity index (χ3v) is 6.49. The minimum Gasteiger partial charge on any atom is -0.382 e. The van der Waals surface area contributed by atoms with E-state index in [-0.39, 0.29) is 17.9 Å². The van der Waals surface area contributed by atoms with Crippen molar-refractivity contribution in [1.82, 2.24) is 19.5 Å². The second-order valence-corrected chi connectivity index (χ2v) is 8.59. The summed E-state index contributed by atoms with van der Waals surface area (Å²) in [6.45, 7) is 2.43. The maximum Gasteiger partial charge on any atom is 0.254 e. The number of carbonyl (C=O) groups excluding carboxylic acids is 1. The molecule has 32 heavy (non-hydrogen) atoms. The summed E-state index contributed by atoms with van der Waals surface area (Å²) in [5.74, 6) is 0.828. The zero-order valence-corrected chi connectivity index (χ0v) is 18.0. The van der Waals surface area contributed by atoms with E-state index in [1.54, 1.807) is 16.9 Å². The normalized spacial score (nSPS) is 21.6. The van der Waals surface area contributed by atoms with E-state index < -0.39 is 0 Å². The number of fused-ring (bicyclic) bond motifs is 1. The Labute approximate surface area is 186 Å². The third-order valence-electron chi connectivity index (χ3n) is 6.49. The van der Waals surface area contributed by atoms with Crippen LogP contribution in [0.4, 0.5) is 17.2 Å². The first-order chi connectivity index (χ1) is 15.6. The van der Waals surface area contributed by atoms with Crippen LogP contribution in [-0.2, 0) is 4.74 Å². The van der Waals surface area contributed by atoms with E-state index in [1.165, 1.54) is 0 Å². The quantitative estimate of drug-likeness (QED) is 0.575. The van der Waals surface area contributed by atoms with E-state index in [9.17, 15) is 4.79 Å². The number of carbonyl (C=O) groups is 1. The predicted molar refractivity (Wildman–Crippen MR) is 123 cm³/mol. The molecule has 0 spiro atoms. The summed E-state index contributed by atoms with van der Waals surface area (Å²) in [6.07, 6.45) is 7.42. The van der Waals surface area contributed by atoms with Gasteiger partial charge in [-0.05, 0) is 55.9 Å². The number of anilines is 3. The van der Waals surface area contributed by atoms with E-state index in [4.69, 9.17) is 16.2 Å². The van der Waals surface area contributed by atoms with Crippen LogP contribution in [0.15, 0.2) is 36.7 Å². The predicted octanol–water partition coefficient (Wildman–Crippen LogP) is 2.51. The van der Waals surface area contributed by atoms with E-state index in [0.717, 1.165) is 48.3 Å². The van der Waals surface area contributed by atoms with Crippen molar-refractivity contribution in [1.29, 1.82) is 0 Å². The van der Waals surface area contributed by atoms with Crippen LogP contribution in [0, 0.1) is 0 Å². The number of rotatable bonds is 4. The van der Waals surface area contributed by atoms with Gasteiger partial charge in [0.15, 0.2) is 5.65 Å². The Morgan fingerprint density at radius 3 is 2.53 bits per heavy atom. The highest BCUT2D eigenvalue weighted by atomic mass is 16.5. The average Bonchev–Trinajstić information content (AvgIpc) is 3.29. The van der Waals surface area contributed by atoms with Crippen molar-refractivity contribution in [3.8, 4) is 0 Å². The molecule has 0 bridgehead atoms. The van der Waals surface area contributed by atoms with Gasteiger partial charge in [-0.3, -0.25) is 4.79 Å². The summed E-state index contributed by atoms with van der Waals surface area (Å²) in [5.41, 5.74) is 16.7. The van der Waals surface area contributed by atoms with Crippen LogP contribution in [0.3, 0.4) is 0 Å². The van der Waals surface area contributed by atoms with Gasteiger partial charge in [-0.15, -0.1) is 5.10 Å². The molecule has 1 aromatic carbocycles. The van der Waals surface area contributed by atoms with Crippen LogP contribution < -0.4 is 16.8 Å². The molecule has 2 aliphatic rings. The second-order valence-electron chi connectivity index (χ2n) is 8.59. The summed E-state index contributed by atoms with van der Waals surface area (Å²) in [5, 5.41) is 8.04. The zero-order chi connectivity index (χ0) is 22.1. The molecule has 0 atom stereocenters. The van der Waals surface area contributed by atoms with E-state index >= 15 is 0 Å². The van der Waals surface area contributed by atoms with Crippen molar-refractivity contribution >= 4 is 28.7 Å². The Morgan fingerprint density at radius 1 is 1.09 bits per heavy atom. The number of nitrogens with zero attached hydrogens (tertiary/aromatic N) is 4. The monoisotopic (exact) mass is 435 g/mol. The summed E-state index contributed by atoms with van der Waals surface area (Å²) in [7, 11) is 0. The summed E-state index contributed by atoms with van der Waals surface area (Å²) in [4.78, 5) is 19.1. The molecule has 0 radical (unpaired) electrons. The number of hydrogen-bond donors (Lipinski definition) is 3. The number of hydrogen-bond acceptors (Lipinski definition) is 7. The number of amides is 1. The van der Waals surface area contributed by atoms with E-state index in [2.05, 4.69) is 15.4 Å². The lowest BCUT2D eigenvalue weighted by molar-refractivity contribution is 0.0303. The molecule has 1 aliphatic heterocycles. The van der Waals surface area contributed by atoms with Gasteiger partial charge in [0.2, 0.25) is 0 Å².